The maximum atomic E-state index is 6.68. The fraction of sp³-hybridized carbons (Fsp3) is 0.239. The molecule has 0 bridgehead atoms. The molecule has 2 aliphatic carbocycles. The highest BCUT2D eigenvalue weighted by Crippen LogP contribution is 2.38. The van der Waals surface area contributed by atoms with Crippen LogP contribution in [0.4, 0.5) is 0 Å². The van der Waals surface area contributed by atoms with Crippen LogP contribution in [0.1, 0.15) is 62.1 Å². The number of hydrogen-bond acceptors (Lipinski definition) is 3. The van der Waals surface area contributed by atoms with Gasteiger partial charge in [0.25, 0.3) is 0 Å². The predicted octanol–water partition coefficient (Wildman–Crippen LogP) is 10.6. The first-order chi connectivity index (χ1) is 24.7. The van der Waals surface area contributed by atoms with Gasteiger partial charge in [-0.25, -0.2) is 0 Å². The summed E-state index contributed by atoms with van der Waals surface area (Å²) in [6.07, 6.45) is 18.6. The molecule has 4 nitrogen and oxygen atoms in total. The van der Waals surface area contributed by atoms with Crippen molar-refractivity contribution in [2.45, 2.75) is 56.9 Å². The summed E-state index contributed by atoms with van der Waals surface area (Å²) in [5, 5.41) is 5.07. The lowest BCUT2D eigenvalue weighted by atomic mass is 9.76. The molecule has 5 N–H and O–H groups in total. The smallest absolute Gasteiger partial charge is 0.159 e. The standard InChI is InChI=1S/C46H47N4S/c1-46(2,3)40-26-24-34(25-27-40)43(47)51-44(48)39-19-11-17-37(29-39)32-22-20-31(21-23-32)36-16-10-18-38(28-36)42-30-41(33-12-6-4-7-13-33)49-45(50-42)35-14-8-5-9-15-35/h4,6-8,10-26,28-30,40,43-45H,5,9,27,47-48H2,1-3H3/q-1/p+1. The van der Waals surface area contributed by atoms with Crippen molar-refractivity contribution in [1.82, 2.24) is 0 Å². The van der Waals surface area contributed by atoms with Gasteiger partial charge in [-0.3, -0.25) is 4.99 Å². The third-order valence-corrected chi connectivity index (χ3v) is 11.2. The van der Waals surface area contributed by atoms with Crippen LogP contribution in [-0.4, -0.2) is 17.3 Å². The van der Waals surface area contributed by atoms with E-state index in [-0.39, 0.29) is 22.3 Å². The van der Waals surface area contributed by atoms with E-state index in [0.717, 1.165) is 52.9 Å². The minimum Gasteiger partial charge on any atom is -0.659 e. The van der Waals surface area contributed by atoms with E-state index < -0.39 is 0 Å². The van der Waals surface area contributed by atoms with E-state index in [1.807, 2.05) is 6.07 Å². The molecule has 7 rings (SSSR count). The van der Waals surface area contributed by atoms with Crippen molar-refractivity contribution in [3.05, 3.63) is 179 Å². The van der Waals surface area contributed by atoms with Crippen LogP contribution in [-0.2, 0) is 0 Å². The van der Waals surface area contributed by atoms with Crippen molar-refractivity contribution in [3.63, 3.8) is 0 Å². The van der Waals surface area contributed by atoms with Crippen LogP contribution >= 0.6 is 11.8 Å². The van der Waals surface area contributed by atoms with E-state index in [1.54, 1.807) is 11.8 Å². The number of allylic oxidation sites excluding steroid dienone is 5. The fourth-order valence-corrected chi connectivity index (χ4v) is 7.84. The SMILES string of the molecule is CC(C)(C)C1C=CC(C(N)SC([NH3+])c2cccc(-c3ccc(-c4cccc(C5=CC(c6ccccc6)=NC(C6=CCCC=C6)[N-]5)c4)cc3)c2)=CC1. The Morgan fingerprint density at radius 2 is 1.45 bits per heavy atom. The molecule has 4 aromatic rings. The van der Waals surface area contributed by atoms with Crippen LogP contribution in [0.2, 0.25) is 0 Å². The summed E-state index contributed by atoms with van der Waals surface area (Å²) in [5.41, 5.74) is 23.7. The summed E-state index contributed by atoms with van der Waals surface area (Å²) in [7, 11) is 0. The minimum absolute atomic E-state index is 0.0218. The normalized spacial score (nSPS) is 20.0. The lowest BCUT2D eigenvalue weighted by Gasteiger charge is -2.38. The molecule has 1 aliphatic heterocycles. The van der Waals surface area contributed by atoms with Gasteiger partial charge in [0.15, 0.2) is 5.37 Å². The Morgan fingerprint density at radius 1 is 0.765 bits per heavy atom. The number of nitrogens with zero attached hydrogens (tertiary/aromatic N) is 2. The van der Waals surface area contributed by atoms with E-state index in [0.29, 0.717) is 5.92 Å². The van der Waals surface area contributed by atoms with E-state index >= 15 is 0 Å². The summed E-state index contributed by atoms with van der Waals surface area (Å²) < 4.78 is 0. The second kappa shape index (κ2) is 15.3. The minimum atomic E-state index is -0.245. The summed E-state index contributed by atoms with van der Waals surface area (Å²) in [4.78, 5) is 5.07. The third-order valence-electron chi connectivity index (χ3n) is 10.0. The van der Waals surface area contributed by atoms with Gasteiger partial charge in [0.1, 0.15) is 0 Å². The highest BCUT2D eigenvalue weighted by Gasteiger charge is 2.25. The molecule has 0 saturated carbocycles. The van der Waals surface area contributed by atoms with E-state index in [4.69, 9.17) is 16.0 Å². The average Bonchev–Trinajstić information content (AvgIpc) is 3.18. The summed E-state index contributed by atoms with van der Waals surface area (Å²) >= 11 is 1.71. The van der Waals surface area contributed by atoms with Crippen LogP contribution in [0.15, 0.2) is 162 Å². The Morgan fingerprint density at radius 3 is 2.12 bits per heavy atom. The van der Waals surface area contributed by atoms with E-state index in [2.05, 4.69) is 166 Å². The largest absolute Gasteiger partial charge is 0.659 e. The van der Waals surface area contributed by atoms with Crippen molar-refractivity contribution in [2.75, 3.05) is 0 Å². The second-order valence-electron chi connectivity index (χ2n) is 14.7. The van der Waals surface area contributed by atoms with Crippen molar-refractivity contribution < 1.29 is 5.73 Å². The highest BCUT2D eigenvalue weighted by atomic mass is 32.2. The molecule has 4 aromatic carbocycles. The number of benzene rings is 4. The van der Waals surface area contributed by atoms with Gasteiger partial charge in [-0.1, -0.05) is 166 Å². The van der Waals surface area contributed by atoms with Gasteiger partial charge >= 0.3 is 0 Å². The zero-order chi connectivity index (χ0) is 35.4. The first-order valence-corrected chi connectivity index (χ1v) is 19.0. The summed E-state index contributed by atoms with van der Waals surface area (Å²) in [6.45, 7) is 6.89. The van der Waals surface area contributed by atoms with Gasteiger partial charge in [-0.05, 0) is 87.3 Å². The molecule has 0 spiro atoms. The Bertz CT molecular complexity index is 2040. The Hall–Kier alpha value is -4.68. The van der Waals surface area contributed by atoms with Crippen LogP contribution < -0.4 is 11.5 Å². The van der Waals surface area contributed by atoms with Gasteiger partial charge in [-0.15, -0.1) is 5.70 Å². The predicted molar refractivity (Wildman–Crippen MR) is 218 cm³/mol. The molecule has 3 aliphatic rings. The zero-order valence-electron chi connectivity index (χ0n) is 29.9. The molecule has 0 fully saturated rings. The lowest BCUT2D eigenvalue weighted by Crippen LogP contribution is -2.53. The first kappa shape index (κ1) is 34.8. The van der Waals surface area contributed by atoms with Gasteiger partial charge < -0.3 is 16.8 Å². The number of rotatable bonds is 9. The maximum Gasteiger partial charge on any atom is 0.159 e. The topological polar surface area (TPSA) is 80.1 Å². The van der Waals surface area contributed by atoms with Crippen LogP contribution in [0.5, 0.6) is 0 Å². The first-order valence-electron chi connectivity index (χ1n) is 18.1. The van der Waals surface area contributed by atoms with Gasteiger partial charge in [-0.2, -0.15) is 0 Å². The number of thioether (sulfide) groups is 1. The fourth-order valence-electron chi connectivity index (χ4n) is 6.85. The van der Waals surface area contributed by atoms with Crippen molar-refractivity contribution >= 4 is 23.2 Å². The zero-order valence-corrected chi connectivity index (χ0v) is 30.7. The number of quaternary nitrogens is 1. The summed E-state index contributed by atoms with van der Waals surface area (Å²) in [6, 6.07) is 36.7. The van der Waals surface area contributed by atoms with Gasteiger partial charge in [0.2, 0.25) is 0 Å². The van der Waals surface area contributed by atoms with Crippen LogP contribution in [0, 0.1) is 11.3 Å². The molecule has 0 amide bonds. The molecule has 258 valence electrons. The van der Waals surface area contributed by atoms with Crippen molar-refractivity contribution in [3.8, 4) is 22.3 Å². The molecule has 4 atom stereocenters. The monoisotopic (exact) mass is 688 g/mol. The molecule has 0 radical (unpaired) electrons. The molecule has 1 heterocycles. The average molecular weight is 689 g/mol. The second-order valence-corrected chi connectivity index (χ2v) is 16.0. The Labute approximate surface area is 307 Å². The molecule has 0 aromatic heterocycles. The molecular weight excluding hydrogens is 641 g/mol. The van der Waals surface area contributed by atoms with Crippen LogP contribution in [0.25, 0.3) is 33.3 Å². The highest BCUT2D eigenvalue weighted by molar-refractivity contribution is 8.00. The quantitative estimate of drug-likeness (QED) is 0.172. The van der Waals surface area contributed by atoms with Crippen molar-refractivity contribution in [1.29, 1.82) is 0 Å². The number of hydrogen-bond donors (Lipinski definition) is 2. The molecule has 51 heavy (non-hydrogen) atoms. The Kier molecular flexibility index (Phi) is 10.4. The van der Waals surface area contributed by atoms with Crippen LogP contribution in [0.3, 0.4) is 0 Å². The number of nitrogens with two attached hydrogens (primary N) is 1. The Balaban J connectivity index is 1.07. The lowest BCUT2D eigenvalue weighted by molar-refractivity contribution is -0.391. The molecule has 4 unspecified atom stereocenters. The van der Waals surface area contributed by atoms with E-state index in [1.165, 1.54) is 27.8 Å². The molecule has 0 saturated heterocycles. The van der Waals surface area contributed by atoms with Gasteiger partial charge in [0.05, 0.1) is 11.1 Å². The molecule has 5 heteroatoms. The maximum absolute atomic E-state index is 6.68. The van der Waals surface area contributed by atoms with Gasteiger partial charge in [0, 0.05) is 11.7 Å². The van der Waals surface area contributed by atoms with E-state index in [9.17, 15) is 0 Å². The summed E-state index contributed by atoms with van der Waals surface area (Å²) in [5.74, 6) is 0.545. The van der Waals surface area contributed by atoms with Crippen molar-refractivity contribution in [2.24, 2.45) is 22.1 Å². The molecular formula is C46H48N4S. The number of aliphatic imine (C=N–C) groups is 1. The third kappa shape index (κ3) is 8.28.